The SMILES string of the molecule is COCCNC(=O)C1C(C)CCCC1N. The number of methoxy groups -OCH3 is 1. The highest BCUT2D eigenvalue weighted by Gasteiger charge is 2.33. The van der Waals surface area contributed by atoms with Crippen LogP contribution in [-0.4, -0.2) is 32.2 Å². The summed E-state index contributed by atoms with van der Waals surface area (Å²) in [6.45, 7) is 3.24. The van der Waals surface area contributed by atoms with E-state index in [2.05, 4.69) is 12.2 Å². The Bertz CT molecular complexity index is 199. The van der Waals surface area contributed by atoms with Crippen LogP contribution in [0.3, 0.4) is 0 Å². The summed E-state index contributed by atoms with van der Waals surface area (Å²) in [6.07, 6.45) is 3.22. The molecule has 3 atom stereocenters. The fraction of sp³-hybridized carbons (Fsp3) is 0.909. The molecule has 15 heavy (non-hydrogen) atoms. The van der Waals surface area contributed by atoms with Gasteiger partial charge in [-0.3, -0.25) is 4.79 Å². The van der Waals surface area contributed by atoms with Gasteiger partial charge in [-0.05, 0) is 18.8 Å². The second kappa shape index (κ2) is 6.08. The highest BCUT2D eigenvalue weighted by Crippen LogP contribution is 2.28. The molecule has 1 fully saturated rings. The van der Waals surface area contributed by atoms with Gasteiger partial charge in [0.1, 0.15) is 0 Å². The molecule has 1 rings (SSSR count). The summed E-state index contributed by atoms with van der Waals surface area (Å²) in [5.41, 5.74) is 5.98. The molecule has 88 valence electrons. The number of hydrogen-bond acceptors (Lipinski definition) is 3. The zero-order valence-corrected chi connectivity index (χ0v) is 9.66. The van der Waals surface area contributed by atoms with Gasteiger partial charge in [0, 0.05) is 19.7 Å². The quantitative estimate of drug-likeness (QED) is 0.670. The monoisotopic (exact) mass is 214 g/mol. The first kappa shape index (κ1) is 12.5. The zero-order valence-electron chi connectivity index (χ0n) is 9.66. The number of ether oxygens (including phenoxy) is 1. The molecule has 1 amide bonds. The molecule has 0 spiro atoms. The Morgan fingerprint density at radius 1 is 1.53 bits per heavy atom. The minimum absolute atomic E-state index is 0.0180. The molecule has 3 unspecified atom stereocenters. The average Bonchev–Trinajstić information content (AvgIpc) is 2.18. The second-order valence-corrected chi connectivity index (χ2v) is 4.38. The summed E-state index contributed by atoms with van der Waals surface area (Å²) in [4.78, 5) is 11.8. The number of carbonyl (C=O) groups is 1. The Labute approximate surface area is 91.5 Å². The molecule has 4 nitrogen and oxygen atoms in total. The summed E-state index contributed by atoms with van der Waals surface area (Å²) in [5.74, 6) is 0.471. The molecule has 1 aliphatic rings. The van der Waals surface area contributed by atoms with E-state index in [1.165, 1.54) is 0 Å². The van der Waals surface area contributed by atoms with Crippen molar-refractivity contribution < 1.29 is 9.53 Å². The van der Waals surface area contributed by atoms with E-state index in [9.17, 15) is 4.79 Å². The topological polar surface area (TPSA) is 64.3 Å². The molecule has 0 saturated heterocycles. The largest absolute Gasteiger partial charge is 0.383 e. The van der Waals surface area contributed by atoms with Gasteiger partial charge in [0.2, 0.25) is 5.91 Å². The number of hydrogen-bond donors (Lipinski definition) is 2. The van der Waals surface area contributed by atoms with E-state index in [1.807, 2.05) is 0 Å². The highest BCUT2D eigenvalue weighted by atomic mass is 16.5. The molecule has 0 aromatic carbocycles. The normalized spacial score (nSPS) is 31.3. The van der Waals surface area contributed by atoms with Crippen molar-refractivity contribution in [3.8, 4) is 0 Å². The lowest BCUT2D eigenvalue weighted by Gasteiger charge is -2.33. The molecule has 0 heterocycles. The third-order valence-electron chi connectivity index (χ3n) is 3.18. The van der Waals surface area contributed by atoms with Crippen molar-refractivity contribution in [2.45, 2.75) is 32.2 Å². The molecule has 1 saturated carbocycles. The van der Waals surface area contributed by atoms with Crippen LogP contribution in [0, 0.1) is 11.8 Å². The van der Waals surface area contributed by atoms with Gasteiger partial charge in [0.25, 0.3) is 0 Å². The first-order chi connectivity index (χ1) is 7.16. The molecule has 0 aromatic heterocycles. The third kappa shape index (κ3) is 3.47. The molecule has 0 radical (unpaired) electrons. The molecular weight excluding hydrogens is 192 g/mol. The van der Waals surface area contributed by atoms with E-state index in [-0.39, 0.29) is 17.9 Å². The smallest absolute Gasteiger partial charge is 0.225 e. The van der Waals surface area contributed by atoms with Crippen molar-refractivity contribution >= 4 is 5.91 Å². The Balaban J connectivity index is 2.41. The van der Waals surface area contributed by atoms with Crippen molar-refractivity contribution in [2.24, 2.45) is 17.6 Å². The molecule has 4 heteroatoms. The van der Waals surface area contributed by atoms with Crippen molar-refractivity contribution in [1.29, 1.82) is 0 Å². The number of rotatable bonds is 4. The van der Waals surface area contributed by atoms with E-state index in [1.54, 1.807) is 7.11 Å². The average molecular weight is 214 g/mol. The van der Waals surface area contributed by atoms with Crippen molar-refractivity contribution in [1.82, 2.24) is 5.32 Å². The summed E-state index contributed by atoms with van der Waals surface area (Å²) in [7, 11) is 1.63. The Morgan fingerprint density at radius 3 is 2.87 bits per heavy atom. The minimum Gasteiger partial charge on any atom is -0.383 e. The van der Waals surface area contributed by atoms with Crippen LogP contribution in [0.15, 0.2) is 0 Å². The maximum Gasteiger partial charge on any atom is 0.225 e. The minimum atomic E-state index is -0.0180. The zero-order chi connectivity index (χ0) is 11.3. The first-order valence-corrected chi connectivity index (χ1v) is 5.69. The van der Waals surface area contributed by atoms with Crippen molar-refractivity contribution in [3.63, 3.8) is 0 Å². The van der Waals surface area contributed by atoms with Crippen molar-refractivity contribution in [3.05, 3.63) is 0 Å². The van der Waals surface area contributed by atoms with Crippen LogP contribution < -0.4 is 11.1 Å². The summed E-state index contributed by atoms with van der Waals surface area (Å²) in [5, 5.41) is 2.87. The van der Waals surface area contributed by atoms with Gasteiger partial charge in [0.15, 0.2) is 0 Å². The summed E-state index contributed by atoms with van der Waals surface area (Å²) in [6, 6.07) is 0.0243. The van der Waals surface area contributed by atoms with E-state index < -0.39 is 0 Å². The van der Waals surface area contributed by atoms with Gasteiger partial charge < -0.3 is 15.8 Å². The predicted octanol–water partition coefficient (Wildman–Crippen LogP) is 0.513. The lowest BCUT2D eigenvalue weighted by Crippen LogP contribution is -2.47. The fourth-order valence-electron chi connectivity index (χ4n) is 2.30. The number of nitrogens with two attached hydrogens (primary N) is 1. The van der Waals surface area contributed by atoms with Gasteiger partial charge in [0.05, 0.1) is 12.5 Å². The van der Waals surface area contributed by atoms with Gasteiger partial charge >= 0.3 is 0 Å². The standard InChI is InChI=1S/C11H22N2O2/c1-8-4-3-5-9(12)10(8)11(14)13-6-7-15-2/h8-10H,3-7,12H2,1-2H3,(H,13,14). The van der Waals surface area contributed by atoms with Crippen LogP contribution in [-0.2, 0) is 9.53 Å². The predicted molar refractivity (Wildman–Crippen MR) is 59.4 cm³/mol. The number of carbonyl (C=O) groups excluding carboxylic acids is 1. The van der Waals surface area contributed by atoms with E-state index in [0.29, 0.717) is 19.1 Å². The van der Waals surface area contributed by atoms with E-state index in [4.69, 9.17) is 10.5 Å². The van der Waals surface area contributed by atoms with E-state index in [0.717, 1.165) is 19.3 Å². The van der Waals surface area contributed by atoms with Crippen LogP contribution in [0.2, 0.25) is 0 Å². The van der Waals surface area contributed by atoms with Crippen LogP contribution in [0.25, 0.3) is 0 Å². The molecule has 0 aromatic rings. The Hall–Kier alpha value is -0.610. The molecule has 1 aliphatic carbocycles. The van der Waals surface area contributed by atoms with Crippen molar-refractivity contribution in [2.75, 3.05) is 20.3 Å². The number of amides is 1. The van der Waals surface area contributed by atoms with Crippen LogP contribution in [0.1, 0.15) is 26.2 Å². The Morgan fingerprint density at radius 2 is 2.27 bits per heavy atom. The first-order valence-electron chi connectivity index (χ1n) is 5.69. The van der Waals surface area contributed by atoms with Gasteiger partial charge in [-0.1, -0.05) is 13.3 Å². The maximum atomic E-state index is 11.8. The lowest BCUT2D eigenvalue weighted by molar-refractivity contribution is -0.128. The number of nitrogens with one attached hydrogen (secondary N) is 1. The molecule has 0 aliphatic heterocycles. The van der Waals surface area contributed by atoms with Crippen LogP contribution >= 0.6 is 0 Å². The summed E-state index contributed by atoms with van der Waals surface area (Å²) < 4.78 is 4.89. The summed E-state index contributed by atoms with van der Waals surface area (Å²) >= 11 is 0. The van der Waals surface area contributed by atoms with Crippen LogP contribution in [0.5, 0.6) is 0 Å². The van der Waals surface area contributed by atoms with E-state index >= 15 is 0 Å². The Kier molecular flexibility index (Phi) is 5.05. The molecular formula is C11H22N2O2. The van der Waals surface area contributed by atoms with Gasteiger partial charge in [-0.2, -0.15) is 0 Å². The fourth-order valence-corrected chi connectivity index (χ4v) is 2.30. The third-order valence-corrected chi connectivity index (χ3v) is 3.18. The molecule has 3 N–H and O–H groups in total. The maximum absolute atomic E-state index is 11.8. The van der Waals surface area contributed by atoms with Gasteiger partial charge in [-0.25, -0.2) is 0 Å². The van der Waals surface area contributed by atoms with Gasteiger partial charge in [-0.15, -0.1) is 0 Å². The lowest BCUT2D eigenvalue weighted by atomic mass is 9.76. The second-order valence-electron chi connectivity index (χ2n) is 4.38. The molecule has 0 bridgehead atoms. The van der Waals surface area contributed by atoms with Crippen LogP contribution in [0.4, 0.5) is 0 Å². The highest BCUT2D eigenvalue weighted by molar-refractivity contribution is 5.79.